The fourth-order valence-corrected chi connectivity index (χ4v) is 4.26. The van der Waals surface area contributed by atoms with Crippen LogP contribution in [0.5, 0.6) is 5.75 Å². The number of carbonyl (C=O) groups is 2. The normalized spacial score (nSPS) is 14.3. The van der Waals surface area contributed by atoms with Gasteiger partial charge in [0.15, 0.2) is 5.82 Å². The molecule has 0 atom stereocenters. The molecule has 1 saturated heterocycles. The quantitative estimate of drug-likeness (QED) is 0.543. The van der Waals surface area contributed by atoms with Gasteiger partial charge < -0.3 is 19.4 Å². The van der Waals surface area contributed by atoms with Crippen LogP contribution in [-0.2, 0) is 9.59 Å². The number of anilines is 1. The van der Waals surface area contributed by atoms with E-state index in [1.165, 1.54) is 0 Å². The Morgan fingerprint density at radius 1 is 1.00 bits per heavy atom. The highest BCUT2D eigenvalue weighted by molar-refractivity contribution is 5.85. The van der Waals surface area contributed by atoms with Gasteiger partial charge in [-0.25, -0.2) is 0 Å². The molecule has 2 heterocycles. The van der Waals surface area contributed by atoms with Crippen LogP contribution in [0.15, 0.2) is 36.4 Å². The van der Waals surface area contributed by atoms with E-state index >= 15 is 0 Å². The fraction of sp³-hybridized carbons (Fsp3) is 0.556. The smallest absolute Gasteiger partial charge is 0.242 e. The van der Waals surface area contributed by atoms with Crippen LogP contribution in [-0.4, -0.2) is 78.2 Å². The van der Waals surface area contributed by atoms with E-state index in [1.54, 1.807) is 12.0 Å². The molecule has 1 aliphatic heterocycles. The van der Waals surface area contributed by atoms with E-state index in [2.05, 4.69) is 28.9 Å². The molecule has 190 valence electrons. The summed E-state index contributed by atoms with van der Waals surface area (Å²) in [7, 11) is 1.65. The van der Waals surface area contributed by atoms with Crippen molar-refractivity contribution in [1.29, 1.82) is 0 Å². The lowest BCUT2D eigenvalue weighted by Crippen LogP contribution is -2.45. The van der Waals surface area contributed by atoms with E-state index in [4.69, 9.17) is 4.74 Å². The van der Waals surface area contributed by atoms with E-state index in [0.29, 0.717) is 38.5 Å². The average Bonchev–Trinajstić information content (AvgIpc) is 3.09. The third kappa shape index (κ3) is 7.67. The van der Waals surface area contributed by atoms with Crippen molar-refractivity contribution in [2.75, 3.05) is 51.3 Å². The maximum atomic E-state index is 13.1. The zero-order chi connectivity index (χ0) is 25.4. The molecule has 0 N–H and O–H groups in total. The lowest BCUT2D eigenvalue weighted by molar-refractivity contribution is -0.141. The molecule has 3 rings (SSSR count). The van der Waals surface area contributed by atoms with Gasteiger partial charge in [-0.2, -0.15) is 0 Å². The molecule has 0 unspecified atom stereocenters. The SMILES string of the molecule is COc1cccc(-c2ccc(N3CCCN(C(=O)CN(CC(C)C)C(=O)CC(C)C)CC3)nn2)c1. The van der Waals surface area contributed by atoms with Gasteiger partial charge in [0.1, 0.15) is 5.75 Å². The number of carbonyl (C=O) groups excluding carboxylic acids is 2. The van der Waals surface area contributed by atoms with E-state index < -0.39 is 0 Å². The van der Waals surface area contributed by atoms with Gasteiger partial charge in [0.2, 0.25) is 11.8 Å². The molecule has 0 radical (unpaired) electrons. The molecule has 1 fully saturated rings. The van der Waals surface area contributed by atoms with E-state index in [0.717, 1.165) is 35.8 Å². The lowest BCUT2D eigenvalue weighted by atomic mass is 10.1. The molecule has 8 heteroatoms. The predicted octanol–water partition coefficient (Wildman–Crippen LogP) is 3.72. The summed E-state index contributed by atoms with van der Waals surface area (Å²) in [5.74, 6) is 2.25. The second-order valence-electron chi connectivity index (χ2n) is 10.00. The predicted molar refractivity (Wildman–Crippen MR) is 138 cm³/mol. The van der Waals surface area contributed by atoms with Gasteiger partial charge in [0.25, 0.3) is 0 Å². The first-order chi connectivity index (χ1) is 16.8. The molecular formula is C27H39N5O3. The van der Waals surface area contributed by atoms with Crippen LogP contribution in [0.25, 0.3) is 11.3 Å². The van der Waals surface area contributed by atoms with Gasteiger partial charge in [0.05, 0.1) is 19.3 Å². The van der Waals surface area contributed by atoms with E-state index in [9.17, 15) is 9.59 Å². The third-order valence-electron chi connectivity index (χ3n) is 6.04. The summed E-state index contributed by atoms with van der Waals surface area (Å²) in [4.78, 5) is 31.6. The van der Waals surface area contributed by atoms with Crippen LogP contribution in [0.4, 0.5) is 5.82 Å². The van der Waals surface area contributed by atoms with Crippen molar-refractivity contribution in [3.05, 3.63) is 36.4 Å². The molecule has 0 spiro atoms. The highest BCUT2D eigenvalue weighted by Crippen LogP contribution is 2.23. The Bertz CT molecular complexity index is 977. The largest absolute Gasteiger partial charge is 0.497 e. The number of ether oxygens (including phenoxy) is 1. The summed E-state index contributed by atoms with van der Waals surface area (Å²) in [6, 6.07) is 11.7. The summed E-state index contributed by atoms with van der Waals surface area (Å²) in [6.45, 7) is 11.7. The molecule has 35 heavy (non-hydrogen) atoms. The number of nitrogens with zero attached hydrogens (tertiary/aromatic N) is 5. The Morgan fingerprint density at radius 3 is 2.46 bits per heavy atom. The first kappa shape index (κ1) is 26.4. The van der Waals surface area contributed by atoms with Crippen molar-refractivity contribution in [2.24, 2.45) is 11.8 Å². The summed E-state index contributed by atoms with van der Waals surface area (Å²) < 4.78 is 5.30. The second-order valence-corrected chi connectivity index (χ2v) is 10.00. The highest BCUT2D eigenvalue weighted by Gasteiger charge is 2.25. The standard InChI is InChI=1S/C27H39N5O3/c1-20(2)16-26(33)32(18-21(3)4)19-27(34)31-13-7-12-30(14-15-31)25-11-10-24(28-29-25)22-8-6-9-23(17-22)35-5/h6,8-11,17,20-21H,7,12-16,18-19H2,1-5H3. The van der Waals surface area contributed by atoms with E-state index in [-0.39, 0.29) is 24.3 Å². The zero-order valence-corrected chi connectivity index (χ0v) is 21.7. The van der Waals surface area contributed by atoms with Crippen LogP contribution < -0.4 is 9.64 Å². The number of benzene rings is 1. The number of hydrogen-bond donors (Lipinski definition) is 0. The van der Waals surface area contributed by atoms with E-state index in [1.807, 2.05) is 55.1 Å². The average molecular weight is 482 g/mol. The summed E-state index contributed by atoms with van der Waals surface area (Å²) >= 11 is 0. The monoisotopic (exact) mass is 481 g/mol. The molecule has 0 saturated carbocycles. The van der Waals surface area contributed by atoms with Crippen LogP contribution in [0.3, 0.4) is 0 Å². The molecule has 2 amide bonds. The minimum Gasteiger partial charge on any atom is -0.497 e. The maximum Gasteiger partial charge on any atom is 0.242 e. The number of amides is 2. The zero-order valence-electron chi connectivity index (χ0n) is 21.7. The number of methoxy groups -OCH3 is 1. The van der Waals surface area contributed by atoms with Gasteiger partial charge in [-0.05, 0) is 42.5 Å². The summed E-state index contributed by atoms with van der Waals surface area (Å²) in [5.41, 5.74) is 1.74. The molecule has 1 aromatic carbocycles. The first-order valence-electron chi connectivity index (χ1n) is 12.6. The van der Waals surface area contributed by atoms with Gasteiger partial charge in [-0.1, -0.05) is 39.8 Å². The van der Waals surface area contributed by atoms with Gasteiger partial charge in [-0.15, -0.1) is 10.2 Å². The molecule has 0 aliphatic carbocycles. The van der Waals surface area contributed by atoms with Gasteiger partial charge in [-0.3, -0.25) is 9.59 Å². The Hall–Kier alpha value is -3.16. The Kier molecular flexibility index (Phi) is 9.46. The Morgan fingerprint density at radius 2 is 1.80 bits per heavy atom. The van der Waals surface area contributed by atoms with Gasteiger partial charge in [0, 0.05) is 44.7 Å². The van der Waals surface area contributed by atoms with Crippen molar-refractivity contribution in [3.8, 4) is 17.0 Å². The van der Waals surface area contributed by atoms with Crippen molar-refractivity contribution in [1.82, 2.24) is 20.0 Å². The molecule has 2 aromatic rings. The van der Waals surface area contributed by atoms with Crippen LogP contribution >= 0.6 is 0 Å². The Balaban J connectivity index is 1.60. The maximum absolute atomic E-state index is 13.1. The molecule has 1 aliphatic rings. The highest BCUT2D eigenvalue weighted by atomic mass is 16.5. The number of rotatable bonds is 9. The second kappa shape index (κ2) is 12.5. The van der Waals surface area contributed by atoms with Crippen LogP contribution in [0.1, 0.15) is 40.5 Å². The topological polar surface area (TPSA) is 78.9 Å². The molecule has 8 nitrogen and oxygen atoms in total. The van der Waals surface area contributed by atoms with Crippen LogP contribution in [0, 0.1) is 11.8 Å². The first-order valence-corrected chi connectivity index (χ1v) is 12.6. The molecule has 1 aromatic heterocycles. The van der Waals surface area contributed by atoms with Crippen LogP contribution in [0.2, 0.25) is 0 Å². The lowest BCUT2D eigenvalue weighted by Gasteiger charge is -2.28. The third-order valence-corrected chi connectivity index (χ3v) is 6.04. The summed E-state index contributed by atoms with van der Waals surface area (Å²) in [5, 5.41) is 8.88. The van der Waals surface area contributed by atoms with Crippen molar-refractivity contribution in [3.63, 3.8) is 0 Å². The Labute approximate surface area is 209 Å². The molecule has 0 bridgehead atoms. The molecular weight excluding hydrogens is 442 g/mol. The number of aromatic nitrogens is 2. The minimum atomic E-state index is 0.0177. The van der Waals surface area contributed by atoms with Crippen molar-refractivity contribution in [2.45, 2.75) is 40.5 Å². The van der Waals surface area contributed by atoms with Gasteiger partial charge >= 0.3 is 0 Å². The minimum absolute atomic E-state index is 0.0177. The number of hydrogen-bond acceptors (Lipinski definition) is 6. The summed E-state index contributed by atoms with van der Waals surface area (Å²) in [6.07, 6.45) is 1.31. The van der Waals surface area contributed by atoms with Crippen molar-refractivity contribution >= 4 is 17.6 Å². The van der Waals surface area contributed by atoms with Crippen molar-refractivity contribution < 1.29 is 14.3 Å². The fourth-order valence-electron chi connectivity index (χ4n) is 4.26.